The fraction of sp³-hybridized carbons (Fsp3) is 0.111. The molecule has 116 valence electrons. The number of nitrogens with one attached hydrogen (secondary N) is 1. The van der Waals surface area contributed by atoms with Gasteiger partial charge in [0.2, 0.25) is 5.91 Å². The summed E-state index contributed by atoms with van der Waals surface area (Å²) in [5.41, 5.74) is 1.57. The number of Topliss-reactive ketones (excluding diaryl/α,β-unsaturated/α-hetero) is 1. The minimum atomic E-state index is -0.509. The van der Waals surface area contributed by atoms with Crippen LogP contribution in [0.15, 0.2) is 47.4 Å². The van der Waals surface area contributed by atoms with Crippen LogP contribution in [0.25, 0.3) is 0 Å². The summed E-state index contributed by atoms with van der Waals surface area (Å²) < 4.78 is 13.9. The first-order valence-corrected chi connectivity index (χ1v) is 7.78. The van der Waals surface area contributed by atoms with Gasteiger partial charge in [-0.15, -0.1) is 18.2 Å². The normalized spacial score (nSPS) is 9.96. The molecule has 3 nitrogen and oxygen atoms in total. The van der Waals surface area contributed by atoms with Crippen molar-refractivity contribution >= 4 is 29.1 Å². The topological polar surface area (TPSA) is 46.2 Å². The first-order chi connectivity index (χ1) is 11.0. The molecule has 0 saturated heterocycles. The van der Waals surface area contributed by atoms with E-state index >= 15 is 0 Å². The maximum atomic E-state index is 13.9. The van der Waals surface area contributed by atoms with Gasteiger partial charge in [0.1, 0.15) is 5.82 Å². The van der Waals surface area contributed by atoms with E-state index in [1.165, 1.54) is 19.1 Å². The minimum Gasteiger partial charge on any atom is -0.325 e. The van der Waals surface area contributed by atoms with Crippen LogP contribution in [0.1, 0.15) is 22.8 Å². The van der Waals surface area contributed by atoms with E-state index in [0.29, 0.717) is 21.7 Å². The van der Waals surface area contributed by atoms with Gasteiger partial charge in [0.05, 0.1) is 5.75 Å². The third-order valence-electron chi connectivity index (χ3n) is 3.01. The van der Waals surface area contributed by atoms with Gasteiger partial charge >= 0.3 is 0 Å². The van der Waals surface area contributed by atoms with Crippen molar-refractivity contribution in [2.45, 2.75) is 11.8 Å². The lowest BCUT2D eigenvalue weighted by atomic mass is 10.1. The van der Waals surface area contributed by atoms with Gasteiger partial charge in [-0.25, -0.2) is 4.39 Å². The fourth-order valence-electron chi connectivity index (χ4n) is 1.86. The molecular formula is C18H14FNO2S. The van der Waals surface area contributed by atoms with Crippen LogP contribution in [-0.4, -0.2) is 17.4 Å². The standard InChI is InChI=1S/C18H14FNO2S/c1-3-13-5-4-6-15(9-13)20-18(22)11-23-17-8-7-14(12(2)21)10-16(17)19/h1,4-10H,11H2,2H3,(H,20,22). The van der Waals surface area contributed by atoms with Crippen LogP contribution in [0.4, 0.5) is 10.1 Å². The molecule has 0 unspecified atom stereocenters. The van der Waals surface area contributed by atoms with Crippen LogP contribution in [-0.2, 0) is 4.79 Å². The van der Waals surface area contributed by atoms with Crippen molar-refractivity contribution in [1.82, 2.24) is 0 Å². The van der Waals surface area contributed by atoms with Crippen molar-refractivity contribution in [3.8, 4) is 12.3 Å². The third kappa shape index (κ3) is 4.70. The molecule has 0 heterocycles. The van der Waals surface area contributed by atoms with E-state index in [9.17, 15) is 14.0 Å². The van der Waals surface area contributed by atoms with E-state index in [0.717, 1.165) is 11.8 Å². The minimum absolute atomic E-state index is 0.0522. The Hall–Kier alpha value is -2.58. The summed E-state index contributed by atoms with van der Waals surface area (Å²) in [7, 11) is 0. The Labute approximate surface area is 138 Å². The second kappa shape index (κ2) is 7.61. The van der Waals surface area contributed by atoms with Crippen LogP contribution in [0, 0.1) is 18.2 Å². The van der Waals surface area contributed by atoms with Gasteiger partial charge < -0.3 is 5.32 Å². The van der Waals surface area contributed by atoms with E-state index in [-0.39, 0.29) is 17.4 Å². The summed E-state index contributed by atoms with van der Waals surface area (Å²) >= 11 is 1.07. The average Bonchev–Trinajstić information content (AvgIpc) is 2.53. The fourth-order valence-corrected chi connectivity index (χ4v) is 2.58. The molecular weight excluding hydrogens is 313 g/mol. The Morgan fingerprint density at radius 2 is 2.04 bits per heavy atom. The lowest BCUT2D eigenvalue weighted by molar-refractivity contribution is -0.113. The van der Waals surface area contributed by atoms with E-state index in [1.807, 2.05) is 0 Å². The summed E-state index contributed by atoms with van der Waals surface area (Å²) in [5, 5.41) is 2.70. The number of terminal acetylenes is 1. The number of amides is 1. The van der Waals surface area contributed by atoms with Gasteiger partial charge in [0, 0.05) is 21.7 Å². The molecule has 0 bridgehead atoms. The number of rotatable bonds is 5. The second-order valence-corrected chi connectivity index (χ2v) is 5.78. The lowest BCUT2D eigenvalue weighted by Crippen LogP contribution is -2.14. The van der Waals surface area contributed by atoms with Crippen LogP contribution in [0.3, 0.4) is 0 Å². The number of benzene rings is 2. The van der Waals surface area contributed by atoms with Gasteiger partial charge in [-0.1, -0.05) is 18.1 Å². The molecule has 1 N–H and O–H groups in total. The summed E-state index contributed by atoms with van der Waals surface area (Å²) in [6.45, 7) is 1.37. The van der Waals surface area contributed by atoms with Gasteiger partial charge in [0.15, 0.2) is 5.78 Å². The highest BCUT2D eigenvalue weighted by Crippen LogP contribution is 2.23. The third-order valence-corrected chi connectivity index (χ3v) is 4.06. The number of hydrogen-bond donors (Lipinski definition) is 1. The molecule has 0 saturated carbocycles. The molecule has 0 aliphatic carbocycles. The lowest BCUT2D eigenvalue weighted by Gasteiger charge is -2.07. The first-order valence-electron chi connectivity index (χ1n) is 6.79. The summed E-state index contributed by atoms with van der Waals surface area (Å²) in [4.78, 5) is 23.4. The smallest absolute Gasteiger partial charge is 0.234 e. The molecule has 0 aliphatic rings. The van der Waals surface area contributed by atoms with E-state index < -0.39 is 5.82 Å². The zero-order valence-electron chi connectivity index (χ0n) is 12.4. The number of ketones is 1. The van der Waals surface area contributed by atoms with Crippen LogP contribution in [0.5, 0.6) is 0 Å². The highest BCUT2D eigenvalue weighted by atomic mass is 32.2. The maximum Gasteiger partial charge on any atom is 0.234 e. The highest BCUT2D eigenvalue weighted by Gasteiger charge is 2.10. The molecule has 0 radical (unpaired) electrons. The van der Waals surface area contributed by atoms with Crippen LogP contribution >= 0.6 is 11.8 Å². The van der Waals surface area contributed by atoms with Crippen LogP contribution in [0.2, 0.25) is 0 Å². The van der Waals surface area contributed by atoms with Crippen molar-refractivity contribution in [3.63, 3.8) is 0 Å². The number of halogens is 1. The van der Waals surface area contributed by atoms with Crippen molar-refractivity contribution in [1.29, 1.82) is 0 Å². The molecule has 0 atom stereocenters. The Morgan fingerprint density at radius 3 is 2.70 bits per heavy atom. The molecule has 0 spiro atoms. The number of carbonyl (C=O) groups excluding carboxylic acids is 2. The SMILES string of the molecule is C#Cc1cccc(NC(=O)CSc2ccc(C(C)=O)cc2F)c1. The molecule has 2 rings (SSSR count). The zero-order valence-corrected chi connectivity index (χ0v) is 13.2. The van der Waals surface area contributed by atoms with Crippen molar-refractivity contribution in [2.75, 3.05) is 11.1 Å². The molecule has 23 heavy (non-hydrogen) atoms. The Balaban J connectivity index is 1.96. The van der Waals surface area contributed by atoms with Gasteiger partial charge in [-0.05, 0) is 37.3 Å². The van der Waals surface area contributed by atoms with E-state index in [1.54, 1.807) is 30.3 Å². The van der Waals surface area contributed by atoms with Crippen molar-refractivity contribution < 1.29 is 14.0 Å². The second-order valence-electron chi connectivity index (χ2n) is 4.76. The Kier molecular flexibility index (Phi) is 5.56. The van der Waals surface area contributed by atoms with Crippen LogP contribution < -0.4 is 5.32 Å². The zero-order chi connectivity index (χ0) is 16.8. The largest absolute Gasteiger partial charge is 0.325 e. The van der Waals surface area contributed by atoms with Crippen molar-refractivity contribution in [3.05, 3.63) is 59.4 Å². The van der Waals surface area contributed by atoms with Gasteiger partial charge in [-0.3, -0.25) is 9.59 Å². The number of carbonyl (C=O) groups is 2. The number of thioether (sulfide) groups is 1. The predicted molar refractivity (Wildman–Crippen MR) is 90.1 cm³/mol. The quantitative estimate of drug-likeness (QED) is 0.517. The van der Waals surface area contributed by atoms with E-state index in [2.05, 4.69) is 11.2 Å². The predicted octanol–water partition coefficient (Wildman–Crippen LogP) is 3.74. The highest BCUT2D eigenvalue weighted by molar-refractivity contribution is 8.00. The summed E-state index contributed by atoms with van der Waals surface area (Å²) in [5.74, 6) is 1.56. The molecule has 0 fully saturated rings. The molecule has 5 heteroatoms. The van der Waals surface area contributed by atoms with Gasteiger partial charge in [0.25, 0.3) is 0 Å². The Morgan fingerprint density at radius 1 is 1.26 bits per heavy atom. The van der Waals surface area contributed by atoms with Gasteiger partial charge in [-0.2, -0.15) is 0 Å². The average molecular weight is 327 g/mol. The molecule has 1 amide bonds. The monoisotopic (exact) mass is 327 g/mol. The summed E-state index contributed by atoms with van der Waals surface area (Å²) in [6, 6.07) is 11.1. The molecule has 2 aromatic carbocycles. The summed E-state index contributed by atoms with van der Waals surface area (Å²) in [6.07, 6.45) is 5.30. The number of hydrogen-bond acceptors (Lipinski definition) is 3. The Bertz CT molecular complexity index is 796. The van der Waals surface area contributed by atoms with Crippen molar-refractivity contribution in [2.24, 2.45) is 0 Å². The maximum absolute atomic E-state index is 13.9. The molecule has 0 aliphatic heterocycles. The first kappa shape index (κ1) is 16.8. The number of anilines is 1. The van der Waals surface area contributed by atoms with E-state index in [4.69, 9.17) is 6.42 Å². The molecule has 0 aromatic heterocycles. The molecule has 2 aromatic rings.